The molecule has 18 heavy (non-hydrogen) atoms. The third-order valence-electron chi connectivity index (χ3n) is 2.79. The number of Topliss-reactive ketones (excluding diaryl/α,β-unsaturated/α-hetero) is 1. The van der Waals surface area contributed by atoms with Crippen LogP contribution in [0.5, 0.6) is 0 Å². The van der Waals surface area contributed by atoms with Crippen LogP contribution in [0.2, 0.25) is 0 Å². The lowest BCUT2D eigenvalue weighted by Gasteiger charge is -2.05. The van der Waals surface area contributed by atoms with Gasteiger partial charge in [0.05, 0.1) is 12.1 Å². The predicted molar refractivity (Wildman–Crippen MR) is 68.4 cm³/mol. The van der Waals surface area contributed by atoms with E-state index in [2.05, 4.69) is 5.32 Å². The van der Waals surface area contributed by atoms with E-state index in [0.717, 1.165) is 5.39 Å². The van der Waals surface area contributed by atoms with Crippen molar-refractivity contribution in [3.63, 3.8) is 0 Å². The molecule has 2 rings (SSSR count). The van der Waals surface area contributed by atoms with Crippen molar-refractivity contribution in [3.05, 3.63) is 36.1 Å². The largest absolute Gasteiger partial charge is 0.463 e. The van der Waals surface area contributed by atoms with E-state index < -0.39 is 0 Å². The Labute approximate surface area is 105 Å². The Bertz CT molecular complexity index is 583. The molecule has 1 aromatic carbocycles. The molecule has 4 heteroatoms. The van der Waals surface area contributed by atoms with Crippen LogP contribution in [0.4, 0.5) is 0 Å². The van der Waals surface area contributed by atoms with E-state index in [-0.39, 0.29) is 24.2 Å². The molecular weight excluding hydrogens is 230 g/mol. The van der Waals surface area contributed by atoms with E-state index >= 15 is 0 Å². The number of benzene rings is 1. The van der Waals surface area contributed by atoms with Gasteiger partial charge in [-0.15, -0.1) is 0 Å². The average molecular weight is 245 g/mol. The van der Waals surface area contributed by atoms with Gasteiger partial charge in [-0.2, -0.15) is 0 Å². The van der Waals surface area contributed by atoms with Gasteiger partial charge in [-0.1, -0.05) is 32.0 Å². The van der Waals surface area contributed by atoms with Crippen molar-refractivity contribution in [2.45, 2.75) is 13.8 Å². The second kappa shape index (κ2) is 5.04. The third kappa shape index (κ3) is 2.42. The van der Waals surface area contributed by atoms with Crippen molar-refractivity contribution < 1.29 is 14.0 Å². The molecule has 0 spiro atoms. The number of amides is 1. The Balaban J connectivity index is 2.12. The van der Waals surface area contributed by atoms with E-state index in [4.69, 9.17) is 4.42 Å². The Morgan fingerprint density at radius 1 is 1.28 bits per heavy atom. The molecule has 2 aromatic rings. The van der Waals surface area contributed by atoms with Crippen molar-refractivity contribution in [1.82, 2.24) is 5.32 Å². The number of fused-ring (bicyclic) bond motifs is 1. The van der Waals surface area contributed by atoms with E-state index in [1.54, 1.807) is 6.07 Å². The summed E-state index contributed by atoms with van der Waals surface area (Å²) in [5.74, 6) is -0.350. The van der Waals surface area contributed by atoms with Crippen molar-refractivity contribution in [2.75, 3.05) is 6.54 Å². The molecule has 1 amide bonds. The molecule has 1 aromatic heterocycles. The minimum Gasteiger partial charge on any atom is -0.463 e. The van der Waals surface area contributed by atoms with Crippen molar-refractivity contribution in [2.24, 2.45) is 5.92 Å². The zero-order valence-corrected chi connectivity index (χ0v) is 10.4. The van der Waals surface area contributed by atoms with E-state index in [1.165, 1.54) is 6.26 Å². The van der Waals surface area contributed by atoms with Crippen LogP contribution in [-0.4, -0.2) is 18.2 Å². The highest BCUT2D eigenvalue weighted by atomic mass is 16.3. The second-order valence-corrected chi connectivity index (χ2v) is 4.45. The number of rotatable bonds is 4. The lowest BCUT2D eigenvalue weighted by atomic mass is 10.1. The van der Waals surface area contributed by atoms with Crippen LogP contribution in [0, 0.1) is 5.92 Å². The summed E-state index contributed by atoms with van der Waals surface area (Å²) in [6, 6.07) is 7.30. The van der Waals surface area contributed by atoms with Crippen LogP contribution < -0.4 is 5.32 Å². The lowest BCUT2D eigenvalue weighted by molar-refractivity contribution is -0.120. The van der Waals surface area contributed by atoms with Gasteiger partial charge in [-0.05, 0) is 6.07 Å². The summed E-state index contributed by atoms with van der Waals surface area (Å²) in [6.07, 6.45) is 1.42. The van der Waals surface area contributed by atoms with Crippen LogP contribution in [0.15, 0.2) is 34.9 Å². The van der Waals surface area contributed by atoms with Gasteiger partial charge in [0.25, 0.3) is 5.91 Å². The fraction of sp³-hybridized carbons (Fsp3) is 0.286. The topological polar surface area (TPSA) is 59.3 Å². The van der Waals surface area contributed by atoms with E-state index in [0.29, 0.717) is 11.1 Å². The first kappa shape index (κ1) is 12.4. The number of carbonyl (C=O) groups is 2. The molecule has 94 valence electrons. The summed E-state index contributed by atoms with van der Waals surface area (Å²) < 4.78 is 5.28. The molecule has 0 bridgehead atoms. The van der Waals surface area contributed by atoms with E-state index in [1.807, 2.05) is 32.0 Å². The molecular formula is C14H15NO3. The van der Waals surface area contributed by atoms with E-state index in [9.17, 15) is 9.59 Å². The minimum absolute atomic E-state index is 0.0103. The summed E-state index contributed by atoms with van der Waals surface area (Å²) >= 11 is 0. The molecule has 0 aliphatic carbocycles. The molecule has 0 fully saturated rings. The highest BCUT2D eigenvalue weighted by Crippen LogP contribution is 2.20. The molecule has 0 radical (unpaired) electrons. The van der Waals surface area contributed by atoms with Gasteiger partial charge in [-0.25, -0.2) is 0 Å². The zero-order valence-electron chi connectivity index (χ0n) is 10.4. The maximum atomic E-state index is 11.9. The number of ketones is 1. The molecule has 1 heterocycles. The first-order chi connectivity index (χ1) is 8.59. The summed E-state index contributed by atoms with van der Waals surface area (Å²) in [6.45, 7) is 3.67. The number of nitrogens with one attached hydrogen (secondary N) is 1. The Kier molecular flexibility index (Phi) is 3.46. The first-order valence-corrected chi connectivity index (χ1v) is 5.86. The standard InChI is InChI=1S/C14H15NO3/c1-9(2)12(16)7-15-14(17)11-8-18-13-6-4-3-5-10(11)13/h3-6,8-9H,7H2,1-2H3,(H,15,17). The van der Waals surface area contributed by atoms with Crippen LogP contribution in [0.25, 0.3) is 11.0 Å². The number of para-hydroxylation sites is 1. The van der Waals surface area contributed by atoms with Crippen LogP contribution >= 0.6 is 0 Å². The SMILES string of the molecule is CC(C)C(=O)CNC(=O)c1coc2ccccc12. The maximum absolute atomic E-state index is 11.9. The lowest BCUT2D eigenvalue weighted by Crippen LogP contribution is -2.31. The first-order valence-electron chi connectivity index (χ1n) is 5.86. The van der Waals surface area contributed by atoms with Crippen molar-refractivity contribution in [3.8, 4) is 0 Å². The smallest absolute Gasteiger partial charge is 0.255 e. The van der Waals surface area contributed by atoms with Gasteiger partial charge in [0, 0.05) is 11.3 Å². The molecule has 0 atom stereocenters. The Morgan fingerprint density at radius 2 is 2.00 bits per heavy atom. The molecule has 0 aliphatic rings. The number of hydrogen-bond donors (Lipinski definition) is 1. The van der Waals surface area contributed by atoms with Crippen LogP contribution in [0.3, 0.4) is 0 Å². The third-order valence-corrected chi connectivity index (χ3v) is 2.79. The van der Waals surface area contributed by atoms with Gasteiger partial charge in [0.2, 0.25) is 0 Å². The van der Waals surface area contributed by atoms with Crippen molar-refractivity contribution >= 4 is 22.7 Å². The number of furan rings is 1. The molecule has 0 unspecified atom stereocenters. The van der Waals surface area contributed by atoms with Gasteiger partial charge in [-0.3, -0.25) is 9.59 Å². The number of hydrogen-bond acceptors (Lipinski definition) is 3. The molecule has 0 aliphatic heterocycles. The Hall–Kier alpha value is -2.10. The monoisotopic (exact) mass is 245 g/mol. The Morgan fingerprint density at radius 3 is 2.72 bits per heavy atom. The quantitative estimate of drug-likeness (QED) is 0.899. The second-order valence-electron chi connectivity index (χ2n) is 4.45. The molecule has 1 N–H and O–H groups in total. The molecule has 0 saturated heterocycles. The summed E-state index contributed by atoms with van der Waals surface area (Å²) in [7, 11) is 0. The number of carbonyl (C=O) groups excluding carboxylic acids is 2. The predicted octanol–water partition coefficient (Wildman–Crippen LogP) is 2.39. The highest BCUT2D eigenvalue weighted by Gasteiger charge is 2.15. The average Bonchev–Trinajstić information content (AvgIpc) is 2.79. The van der Waals surface area contributed by atoms with Gasteiger partial charge in [0.15, 0.2) is 5.78 Å². The zero-order chi connectivity index (χ0) is 13.1. The van der Waals surface area contributed by atoms with Crippen LogP contribution in [-0.2, 0) is 4.79 Å². The maximum Gasteiger partial charge on any atom is 0.255 e. The summed E-state index contributed by atoms with van der Waals surface area (Å²) in [5, 5.41) is 3.37. The van der Waals surface area contributed by atoms with Crippen LogP contribution in [0.1, 0.15) is 24.2 Å². The fourth-order valence-corrected chi connectivity index (χ4v) is 1.62. The normalized spacial score (nSPS) is 10.8. The van der Waals surface area contributed by atoms with Gasteiger partial charge < -0.3 is 9.73 Å². The minimum atomic E-state index is -0.283. The molecule has 0 saturated carbocycles. The van der Waals surface area contributed by atoms with Gasteiger partial charge in [0.1, 0.15) is 11.8 Å². The summed E-state index contributed by atoms with van der Waals surface area (Å²) in [4.78, 5) is 23.4. The molecule has 4 nitrogen and oxygen atoms in total. The summed E-state index contributed by atoms with van der Waals surface area (Å²) in [5.41, 5.74) is 1.12. The van der Waals surface area contributed by atoms with Crippen molar-refractivity contribution in [1.29, 1.82) is 0 Å². The fourth-order valence-electron chi connectivity index (χ4n) is 1.62. The van der Waals surface area contributed by atoms with Gasteiger partial charge >= 0.3 is 0 Å². The highest BCUT2D eigenvalue weighted by molar-refractivity contribution is 6.06.